The molecule has 0 saturated carbocycles. The van der Waals surface area contributed by atoms with E-state index >= 15 is 0 Å². The highest BCUT2D eigenvalue weighted by molar-refractivity contribution is 8.59. The Bertz CT molecular complexity index is 617. The maximum Gasteiger partial charge on any atom is 0.315 e. The van der Waals surface area contributed by atoms with Gasteiger partial charge in [0.1, 0.15) is 11.7 Å². The predicted molar refractivity (Wildman–Crippen MR) is 102 cm³/mol. The number of ether oxygens (including phenoxy) is 1. The number of anilines is 1. The Morgan fingerprint density at radius 1 is 1.33 bits per heavy atom. The largest absolute Gasteiger partial charge is 0.465 e. The van der Waals surface area contributed by atoms with Gasteiger partial charge in [-0.05, 0) is 31.4 Å². The highest BCUT2D eigenvalue weighted by Gasteiger charge is 2.25. The van der Waals surface area contributed by atoms with Crippen LogP contribution in [0.15, 0.2) is 30.9 Å². The van der Waals surface area contributed by atoms with Crippen LogP contribution in [0.25, 0.3) is 0 Å². The number of pyridine rings is 1. The Morgan fingerprint density at radius 3 is 2.67 bits per heavy atom. The zero-order valence-electron chi connectivity index (χ0n) is 13.9. The normalized spacial score (nSPS) is 11.3. The SMILES string of the molecule is CCCn1cnc(C(Cc2ccc(N)nc2)C(=O)OCC)c1.SS. The number of hydrogen-bond acceptors (Lipinski definition) is 7. The van der Waals surface area contributed by atoms with Crippen LogP contribution >= 0.6 is 23.3 Å². The number of hydrogen-bond donors (Lipinski definition) is 3. The molecule has 2 N–H and O–H groups in total. The van der Waals surface area contributed by atoms with Gasteiger partial charge in [0.15, 0.2) is 0 Å². The molecule has 2 heterocycles. The minimum Gasteiger partial charge on any atom is -0.465 e. The first kappa shape index (κ1) is 20.4. The summed E-state index contributed by atoms with van der Waals surface area (Å²) in [4.78, 5) is 20.7. The Labute approximate surface area is 153 Å². The average molecular weight is 369 g/mol. The third-order valence-electron chi connectivity index (χ3n) is 3.35. The van der Waals surface area contributed by atoms with E-state index in [9.17, 15) is 4.79 Å². The minimum atomic E-state index is -0.427. The van der Waals surface area contributed by atoms with Gasteiger partial charge in [-0.3, -0.25) is 4.79 Å². The second-order valence-electron chi connectivity index (χ2n) is 5.14. The van der Waals surface area contributed by atoms with Crippen LogP contribution in [0.4, 0.5) is 5.82 Å². The number of rotatable bonds is 7. The van der Waals surface area contributed by atoms with Gasteiger partial charge in [-0.1, -0.05) is 13.0 Å². The number of carbonyl (C=O) groups excluding carboxylic acids is 1. The topological polar surface area (TPSA) is 83.0 Å². The minimum absolute atomic E-state index is 0.263. The number of imidazole rings is 1. The summed E-state index contributed by atoms with van der Waals surface area (Å²) in [5.41, 5.74) is 7.25. The molecule has 24 heavy (non-hydrogen) atoms. The molecule has 0 aliphatic carbocycles. The molecular formula is C16H24N4O2S2. The van der Waals surface area contributed by atoms with Gasteiger partial charge < -0.3 is 15.0 Å². The van der Waals surface area contributed by atoms with Crippen molar-refractivity contribution in [2.45, 2.75) is 39.2 Å². The average Bonchev–Trinajstić information content (AvgIpc) is 3.05. The Kier molecular flexibility index (Phi) is 9.33. The molecule has 6 nitrogen and oxygen atoms in total. The summed E-state index contributed by atoms with van der Waals surface area (Å²) in [6, 6.07) is 3.60. The third-order valence-corrected chi connectivity index (χ3v) is 3.35. The van der Waals surface area contributed by atoms with Crippen LogP contribution in [-0.2, 0) is 22.5 Å². The molecule has 0 bridgehead atoms. The second kappa shape index (κ2) is 11.0. The molecule has 2 aromatic rings. The summed E-state index contributed by atoms with van der Waals surface area (Å²) in [5, 5.41) is 0. The van der Waals surface area contributed by atoms with Gasteiger partial charge in [-0.25, -0.2) is 9.97 Å². The molecule has 2 aromatic heterocycles. The molecule has 0 aromatic carbocycles. The molecule has 132 valence electrons. The Morgan fingerprint density at radius 2 is 2.08 bits per heavy atom. The van der Waals surface area contributed by atoms with Crippen LogP contribution in [0.5, 0.6) is 0 Å². The van der Waals surface area contributed by atoms with Crippen molar-refractivity contribution >= 4 is 35.1 Å². The molecular weight excluding hydrogens is 344 g/mol. The van der Waals surface area contributed by atoms with Gasteiger partial charge in [0, 0.05) is 18.9 Å². The lowest BCUT2D eigenvalue weighted by atomic mass is 9.97. The number of esters is 1. The van der Waals surface area contributed by atoms with Crippen LogP contribution in [0.1, 0.15) is 37.4 Å². The number of aryl methyl sites for hydroxylation is 1. The van der Waals surface area contributed by atoms with Crippen LogP contribution in [-0.4, -0.2) is 27.1 Å². The predicted octanol–water partition coefficient (Wildman–Crippen LogP) is 2.92. The van der Waals surface area contributed by atoms with Crippen LogP contribution in [0.2, 0.25) is 0 Å². The third kappa shape index (κ3) is 6.09. The van der Waals surface area contributed by atoms with Crippen molar-refractivity contribution in [3.63, 3.8) is 0 Å². The first-order valence-corrected chi connectivity index (χ1v) is 9.32. The molecule has 0 amide bonds. The summed E-state index contributed by atoms with van der Waals surface area (Å²) < 4.78 is 7.18. The van der Waals surface area contributed by atoms with Gasteiger partial charge in [0.25, 0.3) is 0 Å². The fourth-order valence-corrected chi connectivity index (χ4v) is 2.28. The molecule has 0 saturated heterocycles. The van der Waals surface area contributed by atoms with Crippen LogP contribution in [0.3, 0.4) is 0 Å². The van der Waals surface area contributed by atoms with Crippen molar-refractivity contribution in [2.75, 3.05) is 12.3 Å². The molecule has 1 unspecified atom stereocenters. The van der Waals surface area contributed by atoms with E-state index in [2.05, 4.69) is 40.2 Å². The first-order valence-electron chi connectivity index (χ1n) is 7.72. The van der Waals surface area contributed by atoms with Crippen molar-refractivity contribution in [2.24, 2.45) is 0 Å². The monoisotopic (exact) mass is 368 g/mol. The van der Waals surface area contributed by atoms with E-state index in [1.54, 1.807) is 25.5 Å². The van der Waals surface area contributed by atoms with Crippen molar-refractivity contribution in [1.82, 2.24) is 14.5 Å². The molecule has 0 aliphatic rings. The van der Waals surface area contributed by atoms with Gasteiger partial charge in [0.2, 0.25) is 0 Å². The van der Waals surface area contributed by atoms with Crippen LogP contribution in [0, 0.1) is 0 Å². The number of aromatic nitrogens is 3. The summed E-state index contributed by atoms with van der Waals surface area (Å²) in [7, 11) is 0. The van der Waals surface area contributed by atoms with Gasteiger partial charge in [-0.2, -0.15) is 0 Å². The first-order chi connectivity index (χ1) is 11.6. The lowest BCUT2D eigenvalue weighted by molar-refractivity contribution is -0.145. The van der Waals surface area contributed by atoms with E-state index in [0.717, 1.165) is 24.2 Å². The van der Waals surface area contributed by atoms with Gasteiger partial charge >= 0.3 is 5.97 Å². The molecule has 0 fully saturated rings. The number of carbonyl (C=O) groups is 1. The molecule has 1 atom stereocenters. The summed E-state index contributed by atoms with van der Waals surface area (Å²) in [5.74, 6) is -0.229. The van der Waals surface area contributed by atoms with Crippen LogP contribution < -0.4 is 5.73 Å². The summed E-state index contributed by atoms with van der Waals surface area (Å²) >= 11 is 6.44. The lowest BCUT2D eigenvalue weighted by Crippen LogP contribution is -2.19. The molecule has 8 heteroatoms. The smallest absolute Gasteiger partial charge is 0.315 e. The molecule has 0 aliphatic heterocycles. The zero-order valence-corrected chi connectivity index (χ0v) is 15.7. The van der Waals surface area contributed by atoms with Crippen molar-refractivity contribution in [3.8, 4) is 0 Å². The zero-order chi connectivity index (χ0) is 17.9. The highest BCUT2D eigenvalue weighted by Crippen LogP contribution is 2.21. The van der Waals surface area contributed by atoms with Gasteiger partial charge in [0.05, 0.1) is 18.6 Å². The standard InChI is InChI=1S/C16H22N4O2.H2S2/c1-3-7-20-10-14(19-11-20)13(16(21)22-4-2)8-12-5-6-15(17)18-9-12;1-2/h5-6,9-11,13H,3-4,7-8H2,1-2H3,(H2,17,18);1-2H. The van der Waals surface area contributed by atoms with E-state index in [-0.39, 0.29) is 5.97 Å². The second-order valence-corrected chi connectivity index (χ2v) is 5.14. The Balaban J connectivity index is 0.00000139. The summed E-state index contributed by atoms with van der Waals surface area (Å²) in [6.45, 7) is 5.13. The Hall–Kier alpha value is -1.67. The van der Waals surface area contributed by atoms with E-state index in [1.807, 2.05) is 16.8 Å². The summed E-state index contributed by atoms with van der Waals surface area (Å²) in [6.07, 6.45) is 6.86. The maximum absolute atomic E-state index is 12.3. The number of nitrogens with two attached hydrogens (primary N) is 1. The van der Waals surface area contributed by atoms with E-state index in [0.29, 0.717) is 18.8 Å². The van der Waals surface area contributed by atoms with Crippen molar-refractivity contribution < 1.29 is 9.53 Å². The van der Waals surface area contributed by atoms with E-state index in [4.69, 9.17) is 10.5 Å². The van der Waals surface area contributed by atoms with E-state index in [1.165, 1.54) is 0 Å². The fourth-order valence-electron chi connectivity index (χ4n) is 2.28. The number of nitrogens with zero attached hydrogens (tertiary/aromatic N) is 3. The highest BCUT2D eigenvalue weighted by atomic mass is 33.1. The van der Waals surface area contributed by atoms with Crippen molar-refractivity contribution in [1.29, 1.82) is 0 Å². The van der Waals surface area contributed by atoms with Crippen molar-refractivity contribution in [3.05, 3.63) is 42.1 Å². The van der Waals surface area contributed by atoms with E-state index < -0.39 is 5.92 Å². The molecule has 0 radical (unpaired) electrons. The van der Waals surface area contributed by atoms with Gasteiger partial charge in [-0.15, -0.1) is 23.3 Å². The quantitative estimate of drug-likeness (QED) is 0.398. The number of nitrogen functional groups attached to an aromatic ring is 1. The molecule has 0 spiro atoms. The lowest BCUT2D eigenvalue weighted by Gasteiger charge is -2.13. The molecule has 2 rings (SSSR count). The fraction of sp³-hybridized carbons (Fsp3) is 0.438. The number of thiol groups is 2. The maximum atomic E-state index is 12.3.